The van der Waals surface area contributed by atoms with Gasteiger partial charge in [0.05, 0.1) is 11.9 Å². The zero-order chi connectivity index (χ0) is 12.5. The van der Waals surface area contributed by atoms with Crippen LogP contribution < -0.4 is 0 Å². The molecule has 0 heterocycles. The summed E-state index contributed by atoms with van der Waals surface area (Å²) in [4.78, 5) is 0. The lowest BCUT2D eigenvalue weighted by Crippen LogP contribution is -2.15. The summed E-state index contributed by atoms with van der Waals surface area (Å²) >= 11 is 0. The van der Waals surface area contributed by atoms with Crippen LogP contribution in [0.25, 0.3) is 0 Å². The number of aliphatic hydroxyl groups excluding tert-OH is 1. The number of fused-ring (bicyclic) bond motifs is 1. The second-order valence-corrected chi connectivity index (χ2v) is 7.11. The molecule has 2 unspecified atom stereocenters. The van der Waals surface area contributed by atoms with Crippen molar-refractivity contribution in [2.75, 3.05) is 11.5 Å². The van der Waals surface area contributed by atoms with Crippen LogP contribution in [0.3, 0.4) is 0 Å². The Morgan fingerprint density at radius 1 is 1.35 bits per heavy atom. The van der Waals surface area contributed by atoms with Gasteiger partial charge in [-0.05, 0) is 29.9 Å². The van der Waals surface area contributed by atoms with Crippen LogP contribution in [0.5, 0.6) is 0 Å². The van der Waals surface area contributed by atoms with Gasteiger partial charge in [-0.1, -0.05) is 31.2 Å². The maximum Gasteiger partial charge on any atom is 0.150 e. The Kier molecular flexibility index (Phi) is 3.54. The van der Waals surface area contributed by atoms with Crippen LogP contribution in [-0.2, 0) is 16.3 Å². The molecule has 17 heavy (non-hydrogen) atoms. The smallest absolute Gasteiger partial charge is 0.150 e. The molecule has 1 N–H and O–H groups in total. The first-order valence-electron chi connectivity index (χ1n) is 6.00. The van der Waals surface area contributed by atoms with E-state index in [0.29, 0.717) is 6.42 Å². The summed E-state index contributed by atoms with van der Waals surface area (Å²) in [6, 6.07) is 7.80. The highest BCUT2D eigenvalue weighted by atomic mass is 32.2. The van der Waals surface area contributed by atoms with Crippen LogP contribution in [0.4, 0.5) is 0 Å². The summed E-state index contributed by atoms with van der Waals surface area (Å²) in [5.74, 6) is 0.413. The molecule has 0 radical (unpaired) electrons. The minimum absolute atomic E-state index is 0.0497. The molecule has 2 atom stereocenters. The van der Waals surface area contributed by atoms with Crippen molar-refractivity contribution in [3.05, 3.63) is 35.4 Å². The van der Waals surface area contributed by atoms with Crippen molar-refractivity contribution in [2.45, 2.75) is 25.9 Å². The molecule has 0 saturated carbocycles. The average Bonchev–Trinajstić information content (AvgIpc) is 2.65. The fourth-order valence-corrected chi connectivity index (χ4v) is 3.34. The van der Waals surface area contributed by atoms with Gasteiger partial charge in [-0.15, -0.1) is 0 Å². The normalized spacial score (nSPS) is 23.6. The summed E-state index contributed by atoms with van der Waals surface area (Å²) in [6.45, 7) is 1.66. The molecule has 0 aliphatic heterocycles. The lowest BCUT2D eigenvalue weighted by molar-refractivity contribution is 0.121. The number of hydrogen-bond donors (Lipinski definition) is 1. The minimum atomic E-state index is -2.93. The third-order valence-electron chi connectivity index (χ3n) is 3.54. The Balaban J connectivity index is 2.03. The van der Waals surface area contributed by atoms with Gasteiger partial charge >= 0.3 is 0 Å². The number of sulfone groups is 1. The number of hydrogen-bond acceptors (Lipinski definition) is 3. The average molecular weight is 254 g/mol. The molecule has 0 aromatic heterocycles. The lowest BCUT2D eigenvalue weighted by atomic mass is 10.0. The zero-order valence-corrected chi connectivity index (χ0v) is 10.8. The monoisotopic (exact) mass is 254 g/mol. The van der Waals surface area contributed by atoms with E-state index in [1.54, 1.807) is 6.92 Å². The summed E-state index contributed by atoms with van der Waals surface area (Å²) in [7, 11) is -2.93. The van der Waals surface area contributed by atoms with Gasteiger partial charge in [0.25, 0.3) is 0 Å². The molecule has 4 heteroatoms. The Hall–Kier alpha value is -0.870. The Morgan fingerprint density at radius 3 is 2.71 bits per heavy atom. The van der Waals surface area contributed by atoms with Crippen molar-refractivity contribution in [1.82, 2.24) is 0 Å². The molecule has 0 fully saturated rings. The van der Waals surface area contributed by atoms with Crippen LogP contribution in [0.2, 0.25) is 0 Å². The van der Waals surface area contributed by atoms with Crippen molar-refractivity contribution in [2.24, 2.45) is 5.92 Å². The quantitative estimate of drug-likeness (QED) is 0.890. The fraction of sp³-hybridized carbons (Fsp3) is 0.538. The SMILES string of the molecule is CCS(=O)(=O)CCC1Cc2ccccc2C1O. The molecule has 3 nitrogen and oxygen atoms in total. The van der Waals surface area contributed by atoms with Gasteiger partial charge < -0.3 is 5.11 Å². The van der Waals surface area contributed by atoms with Gasteiger partial charge in [0.2, 0.25) is 0 Å². The first-order valence-corrected chi connectivity index (χ1v) is 7.82. The van der Waals surface area contributed by atoms with E-state index in [-0.39, 0.29) is 17.4 Å². The van der Waals surface area contributed by atoms with Gasteiger partial charge in [0, 0.05) is 5.75 Å². The summed E-state index contributed by atoms with van der Waals surface area (Å²) < 4.78 is 22.9. The van der Waals surface area contributed by atoms with Crippen molar-refractivity contribution in [3.63, 3.8) is 0 Å². The van der Waals surface area contributed by atoms with Crippen molar-refractivity contribution in [1.29, 1.82) is 0 Å². The van der Waals surface area contributed by atoms with E-state index >= 15 is 0 Å². The number of rotatable bonds is 4. The van der Waals surface area contributed by atoms with Crippen molar-refractivity contribution >= 4 is 9.84 Å². The molecular formula is C13H18O3S. The van der Waals surface area contributed by atoms with E-state index < -0.39 is 15.9 Å². The molecule has 94 valence electrons. The van der Waals surface area contributed by atoms with Gasteiger partial charge in [0.15, 0.2) is 0 Å². The first-order chi connectivity index (χ1) is 8.03. The highest BCUT2D eigenvalue weighted by molar-refractivity contribution is 7.91. The summed E-state index contributed by atoms with van der Waals surface area (Å²) in [6.07, 6.45) is 0.834. The molecular weight excluding hydrogens is 236 g/mol. The van der Waals surface area contributed by atoms with E-state index in [2.05, 4.69) is 0 Å². The highest BCUT2D eigenvalue weighted by Crippen LogP contribution is 2.37. The molecule has 0 amide bonds. The zero-order valence-electron chi connectivity index (χ0n) is 9.96. The summed E-state index contributed by atoms with van der Waals surface area (Å²) in [5.41, 5.74) is 2.12. The van der Waals surface area contributed by atoms with E-state index in [1.165, 1.54) is 0 Å². The molecule has 1 aromatic rings. The van der Waals surface area contributed by atoms with Gasteiger partial charge in [0.1, 0.15) is 9.84 Å². The van der Waals surface area contributed by atoms with Crippen molar-refractivity contribution in [3.8, 4) is 0 Å². The van der Waals surface area contributed by atoms with E-state index in [1.807, 2.05) is 24.3 Å². The summed E-state index contributed by atoms with van der Waals surface area (Å²) in [5, 5.41) is 10.1. The van der Waals surface area contributed by atoms with Crippen LogP contribution >= 0.6 is 0 Å². The van der Waals surface area contributed by atoms with Gasteiger partial charge in [-0.3, -0.25) is 0 Å². The predicted octanol–water partition coefficient (Wildman–Crippen LogP) is 1.72. The first kappa shape index (κ1) is 12.6. The lowest BCUT2D eigenvalue weighted by Gasteiger charge is -2.14. The number of benzene rings is 1. The Bertz CT molecular complexity index is 493. The fourth-order valence-electron chi connectivity index (χ4n) is 2.39. The Morgan fingerprint density at radius 2 is 2.06 bits per heavy atom. The minimum Gasteiger partial charge on any atom is -0.388 e. The largest absolute Gasteiger partial charge is 0.388 e. The molecule has 2 rings (SSSR count). The third-order valence-corrected chi connectivity index (χ3v) is 5.28. The Labute approximate surface area is 102 Å². The second-order valence-electron chi connectivity index (χ2n) is 4.63. The molecule has 1 aromatic carbocycles. The molecule has 0 saturated heterocycles. The van der Waals surface area contributed by atoms with Crippen molar-refractivity contribution < 1.29 is 13.5 Å². The second kappa shape index (κ2) is 4.78. The molecule has 1 aliphatic rings. The topological polar surface area (TPSA) is 54.4 Å². The molecule has 0 spiro atoms. The maximum absolute atomic E-state index is 11.5. The molecule has 0 bridgehead atoms. The highest BCUT2D eigenvalue weighted by Gasteiger charge is 2.30. The van der Waals surface area contributed by atoms with E-state index in [4.69, 9.17) is 0 Å². The third kappa shape index (κ3) is 2.69. The maximum atomic E-state index is 11.5. The number of aliphatic hydroxyl groups is 1. The van der Waals surface area contributed by atoms with Gasteiger partial charge in [-0.2, -0.15) is 0 Å². The molecule has 1 aliphatic carbocycles. The van der Waals surface area contributed by atoms with E-state index in [9.17, 15) is 13.5 Å². The van der Waals surface area contributed by atoms with Gasteiger partial charge in [-0.25, -0.2) is 8.42 Å². The van der Waals surface area contributed by atoms with Crippen LogP contribution in [-0.4, -0.2) is 25.0 Å². The van der Waals surface area contributed by atoms with Crippen LogP contribution in [0.1, 0.15) is 30.6 Å². The standard InChI is InChI=1S/C13H18O3S/c1-2-17(15,16)8-7-11-9-10-5-3-4-6-12(10)13(11)14/h3-6,11,13-14H,2,7-9H2,1H3. The van der Waals surface area contributed by atoms with Crippen LogP contribution in [0.15, 0.2) is 24.3 Å². The van der Waals surface area contributed by atoms with E-state index in [0.717, 1.165) is 17.5 Å². The van der Waals surface area contributed by atoms with Crippen LogP contribution in [0, 0.1) is 5.92 Å². The predicted molar refractivity (Wildman–Crippen MR) is 67.5 cm³/mol.